The van der Waals surface area contributed by atoms with Gasteiger partial charge in [-0.15, -0.1) is 6.58 Å². The number of amides is 2. The van der Waals surface area contributed by atoms with Gasteiger partial charge in [-0.3, -0.25) is 15.0 Å². The molecule has 0 radical (unpaired) electrons. The summed E-state index contributed by atoms with van der Waals surface area (Å²) in [6.45, 7) is 14.0. The van der Waals surface area contributed by atoms with Gasteiger partial charge in [0, 0.05) is 35.9 Å². The minimum Gasteiger partial charge on any atom is -0.448 e. The number of hydrogen-bond donors (Lipinski definition) is 3. The van der Waals surface area contributed by atoms with E-state index in [1.807, 2.05) is 57.4 Å². The highest BCUT2D eigenvalue weighted by atomic mass is 16.7. The second-order valence-electron chi connectivity index (χ2n) is 18.4. The van der Waals surface area contributed by atoms with Crippen LogP contribution in [-0.2, 0) is 34.9 Å². The number of nitrogens with one attached hydrogen (secondary N) is 2. The zero-order valence-corrected chi connectivity index (χ0v) is 35.1. The largest absolute Gasteiger partial charge is 0.448 e. The smallest absolute Gasteiger partial charge is 0.411 e. The van der Waals surface area contributed by atoms with E-state index < -0.39 is 70.5 Å². The maximum absolute atomic E-state index is 14.8. The number of hydrogen-bond acceptors (Lipinski definition) is 10. The number of aliphatic hydroxyl groups is 1. The normalized spacial score (nSPS) is 34.1. The van der Waals surface area contributed by atoms with Crippen molar-refractivity contribution in [3.05, 3.63) is 102 Å². The third-order valence-corrected chi connectivity index (χ3v) is 14.1. The Balaban J connectivity index is 0.924. The van der Waals surface area contributed by atoms with Gasteiger partial charge in [-0.1, -0.05) is 87.5 Å². The Morgan fingerprint density at radius 3 is 2.22 bits per heavy atom. The first kappa shape index (κ1) is 41.2. The average molecular weight is 808 g/mol. The number of nitrogens with zero attached hydrogens (tertiary/aromatic N) is 1. The lowest BCUT2D eigenvalue weighted by atomic mass is 9.39. The van der Waals surface area contributed by atoms with Crippen LogP contribution in [0.2, 0.25) is 0 Å². The van der Waals surface area contributed by atoms with Gasteiger partial charge in [0.25, 0.3) is 0 Å². The van der Waals surface area contributed by atoms with E-state index in [4.69, 9.17) is 23.7 Å². The molecule has 59 heavy (non-hydrogen) atoms. The third-order valence-electron chi connectivity index (χ3n) is 14.1. The summed E-state index contributed by atoms with van der Waals surface area (Å²) in [5.41, 5.74) is 0.244. The van der Waals surface area contributed by atoms with E-state index in [-0.39, 0.29) is 31.3 Å². The standard InChI is InChI=1S/C47H57N3O9/c1-9-44(4)26-35(51)47-45(5)36(56-42(58-47)50(7)8)22-24-43(2,3)38(45)37(39(52)46(47,6)59-44)57-40(53)48-25-23-28-18-20-29(21-19-28)49-41(54)55-27-34-32-16-12-10-14-30(32)31-15-11-13-17-33(31)34/h9-21,34,36-39,42,52H,1,22-27H2,2-8H3,(H,48,53)(H,49,54)/t36-,37-,38-,39-,42?,44-,45-,46+,47-/m0/s1. The van der Waals surface area contributed by atoms with Crippen molar-refractivity contribution in [3.8, 4) is 11.1 Å². The van der Waals surface area contributed by atoms with Crippen LogP contribution in [0.5, 0.6) is 0 Å². The Morgan fingerprint density at radius 1 is 0.949 bits per heavy atom. The number of ether oxygens (including phenoxy) is 5. The summed E-state index contributed by atoms with van der Waals surface area (Å²) in [4.78, 5) is 43.1. The predicted octanol–water partition coefficient (Wildman–Crippen LogP) is 7.19. The highest BCUT2D eigenvalue weighted by Gasteiger charge is 2.84. The number of aliphatic hydroxyl groups excluding tert-OH is 1. The number of alkyl carbamates (subject to hydrolysis) is 1. The molecule has 1 unspecified atom stereocenters. The summed E-state index contributed by atoms with van der Waals surface area (Å²) in [6.07, 6.45) is -1.63. The Morgan fingerprint density at radius 2 is 1.59 bits per heavy atom. The summed E-state index contributed by atoms with van der Waals surface area (Å²) in [7, 11) is 3.64. The summed E-state index contributed by atoms with van der Waals surface area (Å²) >= 11 is 0. The zero-order chi connectivity index (χ0) is 42.1. The second kappa shape index (κ2) is 14.8. The molecule has 2 amide bonds. The lowest BCUT2D eigenvalue weighted by Crippen LogP contribution is -2.89. The first-order valence-corrected chi connectivity index (χ1v) is 20.7. The fourth-order valence-corrected chi connectivity index (χ4v) is 11.4. The predicted molar refractivity (Wildman–Crippen MR) is 222 cm³/mol. The van der Waals surface area contributed by atoms with Crippen molar-refractivity contribution in [2.45, 2.75) is 108 Å². The van der Waals surface area contributed by atoms with Gasteiger partial charge < -0.3 is 34.1 Å². The quantitative estimate of drug-likeness (QED) is 0.190. The molecule has 0 aromatic heterocycles. The van der Waals surface area contributed by atoms with Crippen LogP contribution in [0, 0.1) is 16.7 Å². The first-order chi connectivity index (χ1) is 28.0. The summed E-state index contributed by atoms with van der Waals surface area (Å²) in [6, 6.07) is 23.7. The average Bonchev–Trinajstić information content (AvgIpc) is 3.51. The van der Waals surface area contributed by atoms with E-state index in [1.54, 1.807) is 37.0 Å². The van der Waals surface area contributed by atoms with Gasteiger partial charge in [0.15, 0.2) is 11.4 Å². The molecule has 3 aromatic carbocycles. The van der Waals surface area contributed by atoms with Gasteiger partial charge in [-0.25, -0.2) is 9.59 Å². The van der Waals surface area contributed by atoms with Crippen LogP contribution in [0.1, 0.15) is 76.5 Å². The molecule has 2 aliphatic heterocycles. The van der Waals surface area contributed by atoms with Crippen molar-refractivity contribution in [3.63, 3.8) is 0 Å². The van der Waals surface area contributed by atoms with Gasteiger partial charge in [-0.2, -0.15) is 0 Å². The van der Waals surface area contributed by atoms with Crippen LogP contribution in [0.25, 0.3) is 11.1 Å². The number of fused-ring (bicyclic) bond motifs is 3. The fourth-order valence-electron chi connectivity index (χ4n) is 11.4. The molecule has 12 nitrogen and oxygen atoms in total. The maximum atomic E-state index is 14.8. The number of Topliss-reactive ketones (excluding diaryl/α,β-unsaturated/α-hetero) is 1. The van der Waals surface area contributed by atoms with Gasteiger partial charge in [0.1, 0.15) is 24.4 Å². The molecule has 2 heterocycles. The van der Waals surface area contributed by atoms with Gasteiger partial charge in [0.05, 0.1) is 11.7 Å². The van der Waals surface area contributed by atoms with Crippen LogP contribution in [0.4, 0.5) is 15.3 Å². The topological polar surface area (TPSA) is 145 Å². The molecule has 8 rings (SSSR count). The lowest BCUT2D eigenvalue weighted by molar-refractivity contribution is -0.456. The van der Waals surface area contributed by atoms with Crippen LogP contribution in [0.15, 0.2) is 85.5 Å². The van der Waals surface area contributed by atoms with E-state index >= 15 is 0 Å². The monoisotopic (exact) mass is 807 g/mol. The second-order valence-corrected chi connectivity index (χ2v) is 18.4. The van der Waals surface area contributed by atoms with E-state index in [1.165, 1.54) is 11.1 Å². The van der Waals surface area contributed by atoms with Crippen molar-refractivity contribution < 1.29 is 43.2 Å². The Hall–Kier alpha value is -4.59. The molecule has 3 aliphatic carbocycles. The Labute approximate surface area is 346 Å². The van der Waals surface area contributed by atoms with Crippen molar-refractivity contribution in [2.75, 3.05) is 32.6 Å². The fraction of sp³-hybridized carbons (Fsp3) is 0.511. The number of carbonyl (C=O) groups excluding carboxylic acids is 3. The van der Waals surface area contributed by atoms with Crippen LogP contribution in [-0.4, -0.2) is 96.8 Å². The number of carbonyl (C=O) groups is 3. The molecule has 1 spiro atoms. The summed E-state index contributed by atoms with van der Waals surface area (Å²) in [5.74, 6) is -0.769. The van der Waals surface area contributed by atoms with E-state index in [0.29, 0.717) is 24.9 Å². The van der Waals surface area contributed by atoms with Crippen LogP contribution < -0.4 is 10.6 Å². The molecule has 3 N–H and O–H groups in total. The molecule has 314 valence electrons. The minimum absolute atomic E-state index is 0.00682. The molecule has 12 heteroatoms. The maximum Gasteiger partial charge on any atom is 0.411 e. The number of ketones is 1. The number of rotatable bonds is 9. The molecule has 3 aromatic rings. The van der Waals surface area contributed by atoms with E-state index in [0.717, 1.165) is 16.7 Å². The molecule has 9 atom stereocenters. The van der Waals surface area contributed by atoms with Crippen molar-refractivity contribution in [1.82, 2.24) is 10.2 Å². The van der Waals surface area contributed by atoms with E-state index in [9.17, 15) is 19.5 Å². The number of benzene rings is 3. The molecule has 5 aliphatic rings. The van der Waals surface area contributed by atoms with Gasteiger partial charge in [-0.05, 0) is 92.6 Å². The lowest BCUT2D eigenvalue weighted by Gasteiger charge is -2.74. The van der Waals surface area contributed by atoms with Crippen molar-refractivity contribution in [1.29, 1.82) is 0 Å². The van der Waals surface area contributed by atoms with Crippen molar-refractivity contribution in [2.24, 2.45) is 16.7 Å². The minimum atomic E-state index is -1.64. The zero-order valence-electron chi connectivity index (χ0n) is 35.1. The SMILES string of the molecule is C=C[C@@]1(C)CC(=O)[C@@]23OC(N(C)C)O[C@H]4CCC(C)(C)[C@H]([C@H](OC(=O)NCCc5ccc(NC(=O)OCC6c7ccccc7-c7ccccc76)cc5)[C@H](O)[C@@]2(C)O1)[C@]43C. The first-order valence-electron chi connectivity index (χ1n) is 20.7. The van der Waals surface area contributed by atoms with Gasteiger partial charge in [0.2, 0.25) is 6.41 Å². The summed E-state index contributed by atoms with van der Waals surface area (Å²) < 4.78 is 32.2. The van der Waals surface area contributed by atoms with Gasteiger partial charge >= 0.3 is 12.2 Å². The Bertz CT molecular complexity index is 2090. The molecule has 0 bridgehead atoms. The summed E-state index contributed by atoms with van der Waals surface area (Å²) in [5, 5.41) is 18.2. The Kier molecular flexibility index (Phi) is 10.4. The van der Waals surface area contributed by atoms with Crippen molar-refractivity contribution >= 4 is 23.7 Å². The molecule has 2 saturated carbocycles. The third kappa shape index (κ3) is 6.50. The molecular weight excluding hydrogens is 751 g/mol. The number of anilines is 1. The van der Waals surface area contributed by atoms with E-state index in [2.05, 4.69) is 55.3 Å². The highest BCUT2D eigenvalue weighted by Crippen LogP contribution is 2.70. The van der Waals surface area contributed by atoms with Crippen LogP contribution in [0.3, 0.4) is 0 Å². The highest BCUT2D eigenvalue weighted by molar-refractivity contribution is 5.93. The van der Waals surface area contributed by atoms with Crippen LogP contribution >= 0.6 is 0 Å². The molecule has 2 saturated heterocycles. The molecule has 4 fully saturated rings. The molecular formula is C47H57N3O9.